The second-order valence-electron chi connectivity index (χ2n) is 4.31. The SMILES string of the molecule is O=S(=O)(CC1CCCCO1)NCc1cccnn1. The molecule has 1 aliphatic heterocycles. The van der Waals surface area contributed by atoms with Gasteiger partial charge in [-0.3, -0.25) is 0 Å². The van der Waals surface area contributed by atoms with E-state index in [1.165, 1.54) is 0 Å². The average molecular weight is 271 g/mol. The summed E-state index contributed by atoms with van der Waals surface area (Å²) in [7, 11) is -3.32. The maximum atomic E-state index is 11.8. The third-order valence-electron chi connectivity index (χ3n) is 2.78. The number of nitrogens with one attached hydrogen (secondary N) is 1. The molecule has 1 aromatic heterocycles. The van der Waals surface area contributed by atoms with Crippen LogP contribution in [0.3, 0.4) is 0 Å². The highest BCUT2D eigenvalue weighted by atomic mass is 32.2. The zero-order valence-electron chi connectivity index (χ0n) is 10.1. The van der Waals surface area contributed by atoms with Crippen molar-refractivity contribution in [3.63, 3.8) is 0 Å². The zero-order chi connectivity index (χ0) is 12.8. The van der Waals surface area contributed by atoms with E-state index < -0.39 is 10.0 Å². The van der Waals surface area contributed by atoms with Gasteiger partial charge in [-0.2, -0.15) is 10.2 Å². The third-order valence-corrected chi connectivity index (χ3v) is 4.17. The molecular weight excluding hydrogens is 254 g/mol. The molecule has 2 rings (SSSR count). The number of nitrogens with zero attached hydrogens (tertiary/aromatic N) is 2. The molecule has 0 aromatic carbocycles. The molecule has 0 aliphatic carbocycles. The fraction of sp³-hybridized carbons (Fsp3) is 0.636. The molecule has 7 heteroatoms. The first kappa shape index (κ1) is 13.4. The first-order valence-corrected chi connectivity index (χ1v) is 7.66. The van der Waals surface area contributed by atoms with Crippen molar-refractivity contribution in [2.24, 2.45) is 0 Å². The quantitative estimate of drug-likeness (QED) is 0.841. The molecule has 1 saturated heterocycles. The fourth-order valence-electron chi connectivity index (χ4n) is 1.85. The second kappa shape index (κ2) is 6.21. The highest BCUT2D eigenvalue weighted by molar-refractivity contribution is 7.89. The summed E-state index contributed by atoms with van der Waals surface area (Å²) in [6.45, 7) is 0.827. The Hall–Kier alpha value is -1.05. The van der Waals surface area contributed by atoms with Gasteiger partial charge in [-0.05, 0) is 31.4 Å². The van der Waals surface area contributed by atoms with E-state index in [4.69, 9.17) is 4.74 Å². The van der Waals surface area contributed by atoms with Crippen LogP contribution in [0.25, 0.3) is 0 Å². The lowest BCUT2D eigenvalue weighted by molar-refractivity contribution is 0.0304. The van der Waals surface area contributed by atoms with Gasteiger partial charge < -0.3 is 4.74 Å². The van der Waals surface area contributed by atoms with E-state index in [9.17, 15) is 8.42 Å². The maximum absolute atomic E-state index is 11.8. The second-order valence-corrected chi connectivity index (χ2v) is 6.16. The lowest BCUT2D eigenvalue weighted by Crippen LogP contribution is -2.34. The molecule has 2 heterocycles. The number of ether oxygens (including phenoxy) is 1. The summed E-state index contributed by atoms with van der Waals surface area (Å²) < 4.78 is 31.6. The van der Waals surface area contributed by atoms with Crippen molar-refractivity contribution in [3.8, 4) is 0 Å². The molecule has 1 atom stereocenters. The van der Waals surface area contributed by atoms with Gasteiger partial charge >= 0.3 is 0 Å². The van der Waals surface area contributed by atoms with Gasteiger partial charge in [-0.15, -0.1) is 0 Å². The number of rotatable bonds is 5. The Balaban J connectivity index is 1.83. The molecule has 1 unspecified atom stereocenters. The standard InChI is InChI=1S/C11H17N3O3S/c15-18(16,9-11-5-1-2-7-17-11)13-8-10-4-3-6-12-14-10/h3-4,6,11,13H,1-2,5,7-9H2. The van der Waals surface area contributed by atoms with Gasteiger partial charge in [0.15, 0.2) is 0 Å². The Kier molecular flexibility index (Phi) is 4.62. The van der Waals surface area contributed by atoms with Crippen LogP contribution in [-0.2, 0) is 21.3 Å². The van der Waals surface area contributed by atoms with Gasteiger partial charge in [-0.25, -0.2) is 13.1 Å². The largest absolute Gasteiger partial charge is 0.377 e. The Morgan fingerprint density at radius 2 is 2.33 bits per heavy atom. The minimum atomic E-state index is -3.32. The zero-order valence-corrected chi connectivity index (χ0v) is 10.9. The predicted octanol–water partition coefficient (Wildman–Crippen LogP) is 0.465. The van der Waals surface area contributed by atoms with Crippen LogP contribution < -0.4 is 4.72 Å². The summed E-state index contributed by atoms with van der Waals surface area (Å²) in [5.41, 5.74) is 0.602. The molecule has 18 heavy (non-hydrogen) atoms. The molecule has 0 radical (unpaired) electrons. The smallest absolute Gasteiger partial charge is 0.214 e. The summed E-state index contributed by atoms with van der Waals surface area (Å²) in [5, 5.41) is 7.51. The molecule has 1 aliphatic rings. The van der Waals surface area contributed by atoms with Gasteiger partial charge in [0.1, 0.15) is 0 Å². The summed E-state index contributed by atoms with van der Waals surface area (Å²) in [4.78, 5) is 0. The van der Waals surface area contributed by atoms with Crippen molar-refractivity contribution in [2.45, 2.75) is 31.9 Å². The molecule has 0 amide bonds. The molecule has 0 saturated carbocycles. The predicted molar refractivity (Wildman–Crippen MR) is 66.2 cm³/mol. The van der Waals surface area contributed by atoms with Gasteiger partial charge in [0.25, 0.3) is 0 Å². The average Bonchev–Trinajstić information content (AvgIpc) is 2.38. The Labute approximate surface area is 107 Å². The summed E-state index contributed by atoms with van der Waals surface area (Å²) >= 11 is 0. The van der Waals surface area contributed by atoms with E-state index in [1.807, 2.05) is 0 Å². The Morgan fingerprint density at radius 3 is 3.00 bits per heavy atom. The van der Waals surface area contributed by atoms with Crippen LogP contribution in [0.5, 0.6) is 0 Å². The van der Waals surface area contributed by atoms with Crippen LogP contribution in [0.4, 0.5) is 0 Å². The van der Waals surface area contributed by atoms with Crippen LogP contribution >= 0.6 is 0 Å². The molecule has 1 fully saturated rings. The van der Waals surface area contributed by atoms with Crippen molar-refractivity contribution < 1.29 is 13.2 Å². The monoisotopic (exact) mass is 271 g/mol. The summed E-state index contributed by atoms with van der Waals surface area (Å²) in [5.74, 6) is 0.0211. The lowest BCUT2D eigenvalue weighted by Gasteiger charge is -2.22. The molecule has 1 N–H and O–H groups in total. The highest BCUT2D eigenvalue weighted by Gasteiger charge is 2.21. The van der Waals surface area contributed by atoms with E-state index in [-0.39, 0.29) is 18.4 Å². The fourth-order valence-corrected chi connectivity index (χ4v) is 3.09. The van der Waals surface area contributed by atoms with Crippen molar-refractivity contribution in [2.75, 3.05) is 12.4 Å². The molecular formula is C11H17N3O3S. The van der Waals surface area contributed by atoms with Crippen molar-refractivity contribution in [1.82, 2.24) is 14.9 Å². The van der Waals surface area contributed by atoms with Gasteiger partial charge in [0.05, 0.1) is 24.1 Å². The Morgan fingerprint density at radius 1 is 1.44 bits per heavy atom. The highest BCUT2D eigenvalue weighted by Crippen LogP contribution is 2.14. The van der Waals surface area contributed by atoms with Crippen LogP contribution in [0.2, 0.25) is 0 Å². The van der Waals surface area contributed by atoms with Crippen molar-refractivity contribution in [1.29, 1.82) is 0 Å². The first-order chi connectivity index (χ1) is 8.66. The normalized spacial score (nSPS) is 20.8. The van der Waals surface area contributed by atoms with E-state index in [1.54, 1.807) is 18.3 Å². The van der Waals surface area contributed by atoms with Gasteiger partial charge in [-0.1, -0.05) is 0 Å². The number of hydrogen-bond acceptors (Lipinski definition) is 5. The minimum Gasteiger partial charge on any atom is -0.377 e. The first-order valence-electron chi connectivity index (χ1n) is 6.01. The molecule has 100 valence electrons. The maximum Gasteiger partial charge on any atom is 0.214 e. The van der Waals surface area contributed by atoms with E-state index in [0.29, 0.717) is 12.3 Å². The van der Waals surface area contributed by atoms with E-state index in [2.05, 4.69) is 14.9 Å². The lowest BCUT2D eigenvalue weighted by atomic mass is 10.1. The summed E-state index contributed by atoms with van der Waals surface area (Å²) in [6.07, 6.45) is 4.23. The number of hydrogen-bond donors (Lipinski definition) is 1. The molecule has 0 spiro atoms. The van der Waals surface area contributed by atoms with Gasteiger partial charge in [0.2, 0.25) is 10.0 Å². The molecule has 1 aromatic rings. The van der Waals surface area contributed by atoms with Crippen molar-refractivity contribution >= 4 is 10.0 Å². The summed E-state index contributed by atoms with van der Waals surface area (Å²) in [6, 6.07) is 3.45. The van der Waals surface area contributed by atoms with Crippen LogP contribution in [0.1, 0.15) is 25.0 Å². The third kappa shape index (κ3) is 4.32. The number of aromatic nitrogens is 2. The van der Waals surface area contributed by atoms with E-state index >= 15 is 0 Å². The molecule has 6 nitrogen and oxygen atoms in total. The van der Waals surface area contributed by atoms with Crippen molar-refractivity contribution in [3.05, 3.63) is 24.0 Å². The van der Waals surface area contributed by atoms with E-state index in [0.717, 1.165) is 19.3 Å². The van der Waals surface area contributed by atoms with Crippen LogP contribution in [0.15, 0.2) is 18.3 Å². The van der Waals surface area contributed by atoms with Crippen LogP contribution in [0, 0.1) is 0 Å². The van der Waals surface area contributed by atoms with Crippen LogP contribution in [-0.4, -0.2) is 37.1 Å². The Bertz CT molecular complexity index is 458. The topological polar surface area (TPSA) is 81.2 Å². The molecule has 0 bridgehead atoms. The van der Waals surface area contributed by atoms with Gasteiger partial charge in [0, 0.05) is 12.8 Å². The minimum absolute atomic E-state index is 0.0211. The number of sulfonamides is 1.